The maximum absolute atomic E-state index is 12.0. The molecule has 0 atom stereocenters. The Kier molecular flexibility index (Phi) is 2.80. The molecule has 3 rings (SSSR count). The predicted octanol–water partition coefficient (Wildman–Crippen LogP) is 2.91. The number of hydrogen-bond donors (Lipinski definition) is 2. The van der Waals surface area contributed by atoms with Crippen LogP contribution in [-0.4, -0.2) is 9.97 Å². The molecule has 0 saturated heterocycles. The summed E-state index contributed by atoms with van der Waals surface area (Å²) in [7, 11) is 0. The molecule has 4 nitrogen and oxygen atoms in total. The Bertz CT molecular complexity index is 874. The molecule has 6 heteroatoms. The lowest BCUT2D eigenvalue weighted by atomic mass is 10.0. The number of aromatic amines is 2. The monoisotopic (exact) mass is 292 g/mol. The van der Waals surface area contributed by atoms with Gasteiger partial charge in [0.1, 0.15) is 4.83 Å². The highest BCUT2D eigenvalue weighted by molar-refractivity contribution is 7.19. The average molecular weight is 293 g/mol. The Morgan fingerprint density at radius 1 is 1.11 bits per heavy atom. The average Bonchev–Trinajstić information content (AvgIpc) is 2.66. The van der Waals surface area contributed by atoms with E-state index in [1.54, 1.807) is 12.1 Å². The van der Waals surface area contributed by atoms with Gasteiger partial charge in [-0.1, -0.05) is 23.7 Å². The third-order valence-corrected chi connectivity index (χ3v) is 4.17. The maximum atomic E-state index is 12.0. The van der Waals surface area contributed by atoms with E-state index in [9.17, 15) is 9.59 Å². The minimum atomic E-state index is -0.485. The zero-order valence-corrected chi connectivity index (χ0v) is 11.5. The van der Waals surface area contributed by atoms with Crippen LogP contribution in [0.3, 0.4) is 0 Å². The highest BCUT2D eigenvalue weighted by Crippen LogP contribution is 2.35. The summed E-state index contributed by atoms with van der Waals surface area (Å²) in [6.45, 7) is 1.92. The van der Waals surface area contributed by atoms with E-state index in [1.165, 1.54) is 11.3 Å². The van der Waals surface area contributed by atoms with Crippen LogP contribution in [0.25, 0.3) is 21.3 Å². The number of aromatic nitrogens is 2. The minimum absolute atomic E-state index is 0.368. The molecule has 0 bridgehead atoms. The van der Waals surface area contributed by atoms with Crippen molar-refractivity contribution in [3.8, 4) is 11.1 Å². The van der Waals surface area contributed by atoms with Gasteiger partial charge in [0, 0.05) is 15.5 Å². The van der Waals surface area contributed by atoms with Gasteiger partial charge < -0.3 is 0 Å². The maximum Gasteiger partial charge on any atom is 0.326 e. The topological polar surface area (TPSA) is 65.7 Å². The van der Waals surface area contributed by atoms with E-state index in [1.807, 2.05) is 19.1 Å². The van der Waals surface area contributed by atoms with Crippen molar-refractivity contribution < 1.29 is 0 Å². The highest BCUT2D eigenvalue weighted by Gasteiger charge is 2.15. The van der Waals surface area contributed by atoms with Crippen LogP contribution in [0.15, 0.2) is 33.9 Å². The summed E-state index contributed by atoms with van der Waals surface area (Å²) >= 11 is 7.27. The van der Waals surface area contributed by atoms with Crippen molar-refractivity contribution in [3.05, 3.63) is 55.0 Å². The van der Waals surface area contributed by atoms with E-state index < -0.39 is 5.69 Å². The quantitative estimate of drug-likeness (QED) is 0.724. The molecule has 3 aromatic rings. The van der Waals surface area contributed by atoms with Crippen LogP contribution in [0.1, 0.15) is 4.88 Å². The summed E-state index contributed by atoms with van der Waals surface area (Å²) in [5.41, 5.74) is 0.898. The molecule has 0 aliphatic carbocycles. The van der Waals surface area contributed by atoms with Gasteiger partial charge in [0.15, 0.2) is 0 Å². The Morgan fingerprint density at radius 2 is 1.79 bits per heavy atom. The molecule has 0 fully saturated rings. The number of hydrogen-bond acceptors (Lipinski definition) is 3. The SMILES string of the molecule is Cc1sc2[nH]c(=O)[nH]c(=O)c2c1-c1ccc(Cl)cc1. The predicted molar refractivity (Wildman–Crippen MR) is 78.2 cm³/mol. The van der Waals surface area contributed by atoms with Gasteiger partial charge in [0.2, 0.25) is 0 Å². The first-order chi connectivity index (χ1) is 9.06. The number of nitrogens with one attached hydrogen (secondary N) is 2. The van der Waals surface area contributed by atoms with E-state index in [2.05, 4.69) is 9.97 Å². The largest absolute Gasteiger partial charge is 0.326 e. The van der Waals surface area contributed by atoms with Crippen molar-refractivity contribution in [1.29, 1.82) is 0 Å². The number of halogens is 1. The number of fused-ring (bicyclic) bond motifs is 1. The fourth-order valence-electron chi connectivity index (χ4n) is 2.11. The Balaban J connectivity index is 2.41. The third kappa shape index (κ3) is 2.01. The smallest absolute Gasteiger partial charge is 0.298 e. The number of rotatable bonds is 1. The number of H-pyrrole nitrogens is 2. The summed E-state index contributed by atoms with van der Waals surface area (Å²) in [5, 5.41) is 1.16. The van der Waals surface area contributed by atoms with E-state index in [4.69, 9.17) is 11.6 Å². The molecule has 2 heterocycles. The normalized spacial score (nSPS) is 11.1. The Labute approximate surface area is 116 Å². The van der Waals surface area contributed by atoms with Crippen LogP contribution in [0.2, 0.25) is 5.02 Å². The molecule has 0 unspecified atom stereocenters. The van der Waals surface area contributed by atoms with Crippen LogP contribution in [0, 0.1) is 6.92 Å². The van der Waals surface area contributed by atoms with Gasteiger partial charge >= 0.3 is 5.69 Å². The van der Waals surface area contributed by atoms with Crippen molar-refractivity contribution >= 4 is 33.2 Å². The second kappa shape index (κ2) is 4.36. The van der Waals surface area contributed by atoms with Crippen molar-refractivity contribution in [2.75, 3.05) is 0 Å². The van der Waals surface area contributed by atoms with E-state index in [0.29, 0.717) is 15.2 Å². The van der Waals surface area contributed by atoms with Crippen molar-refractivity contribution in [2.24, 2.45) is 0 Å². The van der Waals surface area contributed by atoms with Gasteiger partial charge in [-0.2, -0.15) is 0 Å². The molecule has 0 spiro atoms. The molecule has 19 heavy (non-hydrogen) atoms. The van der Waals surface area contributed by atoms with Crippen LogP contribution in [0.5, 0.6) is 0 Å². The Morgan fingerprint density at radius 3 is 2.47 bits per heavy atom. The summed E-state index contributed by atoms with van der Waals surface area (Å²) in [6.07, 6.45) is 0. The van der Waals surface area contributed by atoms with Crippen molar-refractivity contribution in [3.63, 3.8) is 0 Å². The minimum Gasteiger partial charge on any atom is -0.298 e. The Hall–Kier alpha value is -1.85. The van der Waals surface area contributed by atoms with Gasteiger partial charge in [-0.05, 0) is 24.6 Å². The van der Waals surface area contributed by atoms with E-state index in [-0.39, 0.29) is 5.56 Å². The molecule has 96 valence electrons. The molecule has 0 saturated carbocycles. The molecule has 1 aromatic carbocycles. The molecule has 2 aromatic heterocycles. The lowest BCUT2D eigenvalue weighted by Gasteiger charge is -2.01. The second-order valence-electron chi connectivity index (χ2n) is 4.15. The van der Waals surface area contributed by atoms with Crippen LogP contribution < -0.4 is 11.2 Å². The second-order valence-corrected chi connectivity index (χ2v) is 5.81. The van der Waals surface area contributed by atoms with Gasteiger partial charge in [0.05, 0.1) is 5.39 Å². The first kappa shape index (κ1) is 12.2. The fraction of sp³-hybridized carbons (Fsp3) is 0.0769. The number of benzene rings is 1. The molecule has 0 aliphatic rings. The van der Waals surface area contributed by atoms with Gasteiger partial charge in [-0.15, -0.1) is 11.3 Å². The molecule has 0 aliphatic heterocycles. The summed E-state index contributed by atoms with van der Waals surface area (Å²) in [6, 6.07) is 7.28. The third-order valence-electron chi connectivity index (χ3n) is 2.90. The molecule has 0 amide bonds. The van der Waals surface area contributed by atoms with Crippen LogP contribution >= 0.6 is 22.9 Å². The molecule has 0 radical (unpaired) electrons. The van der Waals surface area contributed by atoms with Crippen molar-refractivity contribution in [1.82, 2.24) is 9.97 Å². The summed E-state index contributed by atoms with van der Waals surface area (Å²) in [4.78, 5) is 29.7. The van der Waals surface area contributed by atoms with Gasteiger partial charge in [0.25, 0.3) is 5.56 Å². The standard InChI is InChI=1S/C13H9ClN2O2S/c1-6-9(7-2-4-8(14)5-3-7)10-11(17)15-13(18)16-12(10)19-6/h2-5H,1H3,(H2,15,16,17,18). The molecule has 2 N–H and O–H groups in total. The zero-order valence-electron chi connectivity index (χ0n) is 9.91. The van der Waals surface area contributed by atoms with Crippen LogP contribution in [-0.2, 0) is 0 Å². The fourth-order valence-corrected chi connectivity index (χ4v) is 3.31. The van der Waals surface area contributed by atoms with Crippen LogP contribution in [0.4, 0.5) is 0 Å². The van der Waals surface area contributed by atoms with Gasteiger partial charge in [-0.3, -0.25) is 14.8 Å². The lowest BCUT2D eigenvalue weighted by Crippen LogP contribution is -2.21. The zero-order chi connectivity index (χ0) is 13.6. The van der Waals surface area contributed by atoms with Gasteiger partial charge in [-0.25, -0.2) is 4.79 Å². The summed E-state index contributed by atoms with van der Waals surface area (Å²) in [5.74, 6) is 0. The highest BCUT2D eigenvalue weighted by atomic mass is 35.5. The summed E-state index contributed by atoms with van der Waals surface area (Å²) < 4.78 is 0. The van der Waals surface area contributed by atoms with E-state index in [0.717, 1.165) is 16.0 Å². The lowest BCUT2D eigenvalue weighted by molar-refractivity contribution is 1.09. The number of aryl methyl sites for hydroxylation is 1. The van der Waals surface area contributed by atoms with Crippen molar-refractivity contribution in [2.45, 2.75) is 6.92 Å². The molecular formula is C13H9ClN2O2S. The first-order valence-corrected chi connectivity index (χ1v) is 6.77. The molecular weight excluding hydrogens is 284 g/mol. The number of thiophene rings is 1. The first-order valence-electron chi connectivity index (χ1n) is 5.58. The van der Waals surface area contributed by atoms with E-state index >= 15 is 0 Å².